The number of hydrogen-bond donors (Lipinski definition) is 0. The number of ether oxygens (including phenoxy) is 1. The number of Topliss-reactive ketones (excluding diaryl/α,β-unsaturated/α-hetero) is 1. The summed E-state index contributed by atoms with van der Waals surface area (Å²) in [6, 6.07) is 14.2. The molecule has 27 heavy (non-hydrogen) atoms. The molecule has 5 heteroatoms. The predicted octanol–water partition coefficient (Wildman–Crippen LogP) is 3.89. The zero-order chi connectivity index (χ0) is 19.2. The van der Waals surface area contributed by atoms with Crippen LogP contribution in [-0.4, -0.2) is 36.8 Å². The molecule has 0 saturated carbocycles. The summed E-state index contributed by atoms with van der Waals surface area (Å²) in [5.74, 6) is -0.819. The lowest BCUT2D eigenvalue weighted by Gasteiger charge is -2.32. The van der Waals surface area contributed by atoms with Crippen molar-refractivity contribution in [3.63, 3.8) is 0 Å². The van der Waals surface area contributed by atoms with E-state index >= 15 is 0 Å². The summed E-state index contributed by atoms with van der Waals surface area (Å²) in [7, 11) is 1.41. The molecule has 0 N–H and O–H groups in total. The number of ketones is 1. The smallest absolute Gasteiger partial charge is 0.260 e. The normalized spacial score (nSPS) is 16.8. The number of piperidine rings is 1. The third-order valence-electron chi connectivity index (χ3n) is 5.08. The number of carbonyl (C=O) groups excluding carboxylic acids is 2. The fraction of sp³-hybridized carbons (Fsp3) is 0.364. The van der Waals surface area contributed by atoms with E-state index in [1.807, 2.05) is 30.3 Å². The van der Waals surface area contributed by atoms with Gasteiger partial charge in [-0.15, -0.1) is 0 Å². The van der Waals surface area contributed by atoms with Crippen molar-refractivity contribution >= 4 is 11.7 Å². The second-order valence-corrected chi connectivity index (χ2v) is 6.86. The highest BCUT2D eigenvalue weighted by Crippen LogP contribution is 2.26. The van der Waals surface area contributed by atoms with Crippen molar-refractivity contribution in [2.24, 2.45) is 5.92 Å². The van der Waals surface area contributed by atoms with Gasteiger partial charge in [0.15, 0.2) is 0 Å². The standard InChI is InChI=1S/C22H24FNO3/c1-27-20-11-5-10-18(23)21(20)22(26)24-14-6-9-17(15-24)19(25)13-12-16-7-3-2-4-8-16/h2-5,7-8,10-11,17H,6,9,12-15H2,1H3/t17-/m1/s1. The molecule has 0 radical (unpaired) electrons. The highest BCUT2D eigenvalue weighted by Gasteiger charge is 2.31. The largest absolute Gasteiger partial charge is 0.496 e. The minimum absolute atomic E-state index is 0.0580. The van der Waals surface area contributed by atoms with Crippen LogP contribution in [0.2, 0.25) is 0 Å². The van der Waals surface area contributed by atoms with E-state index in [0.717, 1.165) is 18.4 Å². The first-order valence-corrected chi connectivity index (χ1v) is 9.28. The van der Waals surface area contributed by atoms with Crippen molar-refractivity contribution in [3.05, 3.63) is 65.5 Å². The molecule has 1 fully saturated rings. The second kappa shape index (κ2) is 8.80. The van der Waals surface area contributed by atoms with Crippen molar-refractivity contribution in [2.45, 2.75) is 25.7 Å². The van der Waals surface area contributed by atoms with Gasteiger partial charge >= 0.3 is 0 Å². The first kappa shape index (κ1) is 19.1. The van der Waals surface area contributed by atoms with Gasteiger partial charge in [-0.25, -0.2) is 4.39 Å². The molecule has 1 amide bonds. The lowest BCUT2D eigenvalue weighted by Crippen LogP contribution is -2.42. The molecule has 0 bridgehead atoms. The third kappa shape index (κ3) is 4.54. The van der Waals surface area contributed by atoms with Gasteiger partial charge in [-0.2, -0.15) is 0 Å². The summed E-state index contributed by atoms with van der Waals surface area (Å²) in [4.78, 5) is 27.1. The Morgan fingerprint density at radius 1 is 1.15 bits per heavy atom. The predicted molar refractivity (Wildman–Crippen MR) is 101 cm³/mol. The number of likely N-dealkylation sites (tertiary alicyclic amines) is 1. The number of methoxy groups -OCH3 is 1. The number of aryl methyl sites for hydroxylation is 1. The Hall–Kier alpha value is -2.69. The lowest BCUT2D eigenvalue weighted by molar-refractivity contribution is -0.124. The molecular formula is C22H24FNO3. The monoisotopic (exact) mass is 369 g/mol. The summed E-state index contributed by atoms with van der Waals surface area (Å²) in [6.07, 6.45) is 2.67. The molecule has 0 aliphatic carbocycles. The van der Waals surface area contributed by atoms with Gasteiger partial charge in [0.05, 0.1) is 7.11 Å². The number of halogens is 1. The summed E-state index contributed by atoms with van der Waals surface area (Å²) >= 11 is 0. The fourth-order valence-corrected chi connectivity index (χ4v) is 3.58. The number of hydrogen-bond acceptors (Lipinski definition) is 3. The van der Waals surface area contributed by atoms with Crippen molar-refractivity contribution in [2.75, 3.05) is 20.2 Å². The van der Waals surface area contributed by atoms with Gasteiger partial charge in [0, 0.05) is 25.4 Å². The van der Waals surface area contributed by atoms with E-state index in [1.165, 1.54) is 19.2 Å². The Balaban J connectivity index is 1.65. The summed E-state index contributed by atoms with van der Waals surface area (Å²) in [6.45, 7) is 0.864. The molecule has 1 heterocycles. The zero-order valence-electron chi connectivity index (χ0n) is 15.5. The van der Waals surface area contributed by atoms with Gasteiger partial charge in [-0.3, -0.25) is 9.59 Å². The van der Waals surface area contributed by atoms with Gasteiger partial charge in [-0.05, 0) is 37.0 Å². The van der Waals surface area contributed by atoms with Gasteiger partial charge in [0.2, 0.25) is 0 Å². The van der Waals surface area contributed by atoms with Crippen molar-refractivity contribution < 1.29 is 18.7 Å². The van der Waals surface area contributed by atoms with Crippen molar-refractivity contribution in [3.8, 4) is 5.75 Å². The van der Waals surface area contributed by atoms with Crippen LogP contribution < -0.4 is 4.74 Å². The Kier molecular flexibility index (Phi) is 6.22. The molecule has 0 spiro atoms. The zero-order valence-corrected chi connectivity index (χ0v) is 15.5. The third-order valence-corrected chi connectivity index (χ3v) is 5.08. The number of nitrogens with zero attached hydrogens (tertiary/aromatic N) is 1. The first-order chi connectivity index (χ1) is 13.1. The van der Waals surface area contributed by atoms with Gasteiger partial charge in [-0.1, -0.05) is 36.4 Å². The molecule has 1 aliphatic heterocycles. The SMILES string of the molecule is COc1cccc(F)c1C(=O)N1CCC[C@@H](C(=O)CCc2ccccc2)C1. The number of benzene rings is 2. The maximum Gasteiger partial charge on any atom is 0.260 e. The van der Waals surface area contributed by atoms with Gasteiger partial charge < -0.3 is 9.64 Å². The van der Waals surface area contributed by atoms with Crippen LogP contribution in [0.3, 0.4) is 0 Å². The van der Waals surface area contributed by atoms with Crippen LogP contribution in [0.4, 0.5) is 4.39 Å². The molecule has 4 nitrogen and oxygen atoms in total. The van der Waals surface area contributed by atoms with Crippen LogP contribution in [0.25, 0.3) is 0 Å². The molecule has 1 saturated heterocycles. The van der Waals surface area contributed by atoms with E-state index in [4.69, 9.17) is 4.74 Å². The average molecular weight is 369 g/mol. The van der Waals surface area contributed by atoms with Crippen LogP contribution in [0, 0.1) is 11.7 Å². The van der Waals surface area contributed by atoms with E-state index in [-0.39, 0.29) is 23.0 Å². The van der Waals surface area contributed by atoms with E-state index < -0.39 is 11.7 Å². The summed E-state index contributed by atoms with van der Waals surface area (Å²) in [5, 5.41) is 0. The van der Waals surface area contributed by atoms with E-state index in [2.05, 4.69) is 0 Å². The number of amides is 1. The summed E-state index contributed by atoms with van der Waals surface area (Å²) < 4.78 is 19.4. The summed E-state index contributed by atoms with van der Waals surface area (Å²) in [5.41, 5.74) is 1.07. The number of carbonyl (C=O) groups is 2. The van der Waals surface area contributed by atoms with Crippen LogP contribution in [-0.2, 0) is 11.2 Å². The minimum atomic E-state index is -0.600. The molecule has 0 unspecified atom stereocenters. The Labute approximate surface area is 158 Å². The van der Waals surface area contributed by atoms with Crippen LogP contribution in [0.1, 0.15) is 35.2 Å². The Morgan fingerprint density at radius 3 is 2.67 bits per heavy atom. The maximum atomic E-state index is 14.2. The van der Waals surface area contributed by atoms with Crippen molar-refractivity contribution in [1.82, 2.24) is 4.90 Å². The van der Waals surface area contributed by atoms with Crippen LogP contribution >= 0.6 is 0 Å². The van der Waals surface area contributed by atoms with Gasteiger partial charge in [0.1, 0.15) is 22.9 Å². The molecule has 1 atom stereocenters. The molecule has 142 valence electrons. The van der Waals surface area contributed by atoms with E-state index in [9.17, 15) is 14.0 Å². The molecule has 3 rings (SSSR count). The average Bonchev–Trinajstić information content (AvgIpc) is 2.72. The second-order valence-electron chi connectivity index (χ2n) is 6.86. The lowest BCUT2D eigenvalue weighted by atomic mass is 9.90. The molecular weight excluding hydrogens is 345 g/mol. The highest BCUT2D eigenvalue weighted by molar-refractivity contribution is 5.97. The minimum Gasteiger partial charge on any atom is -0.496 e. The topological polar surface area (TPSA) is 46.6 Å². The quantitative estimate of drug-likeness (QED) is 0.776. The van der Waals surface area contributed by atoms with E-state index in [0.29, 0.717) is 25.9 Å². The molecule has 1 aliphatic rings. The molecule has 2 aromatic rings. The Morgan fingerprint density at radius 2 is 1.93 bits per heavy atom. The Bertz CT molecular complexity index is 806. The van der Waals surface area contributed by atoms with Gasteiger partial charge in [0.25, 0.3) is 5.91 Å². The maximum absolute atomic E-state index is 14.2. The van der Waals surface area contributed by atoms with E-state index in [1.54, 1.807) is 11.0 Å². The highest BCUT2D eigenvalue weighted by atomic mass is 19.1. The van der Waals surface area contributed by atoms with Crippen molar-refractivity contribution in [1.29, 1.82) is 0 Å². The molecule has 2 aromatic carbocycles. The van der Waals surface area contributed by atoms with Crippen LogP contribution in [0.5, 0.6) is 5.75 Å². The first-order valence-electron chi connectivity index (χ1n) is 9.28. The molecule has 0 aromatic heterocycles. The number of rotatable bonds is 6. The van der Waals surface area contributed by atoms with Crippen LogP contribution in [0.15, 0.2) is 48.5 Å². The fourth-order valence-electron chi connectivity index (χ4n) is 3.58.